The van der Waals surface area contributed by atoms with Crippen molar-refractivity contribution in [2.45, 2.75) is 71.1 Å². The summed E-state index contributed by atoms with van der Waals surface area (Å²) in [6.45, 7) is 8.00. The first kappa shape index (κ1) is 20.5. The average Bonchev–Trinajstić information content (AvgIpc) is 3.01. The Morgan fingerprint density at radius 1 is 1.13 bits per heavy atom. The van der Waals surface area contributed by atoms with E-state index in [9.17, 15) is 9.50 Å². The molecule has 1 aliphatic carbocycles. The lowest BCUT2D eigenvalue weighted by molar-refractivity contribution is 0.112. The minimum Gasteiger partial charge on any atom is -0.393 e. The largest absolute Gasteiger partial charge is 0.393 e. The molecule has 1 aromatic carbocycles. The van der Waals surface area contributed by atoms with Gasteiger partial charge >= 0.3 is 0 Å². The van der Waals surface area contributed by atoms with Gasteiger partial charge in [-0.15, -0.1) is 0 Å². The van der Waals surface area contributed by atoms with Gasteiger partial charge in [-0.1, -0.05) is 6.07 Å². The number of nitrogens with zero attached hydrogens (tertiary/aromatic N) is 4. The van der Waals surface area contributed by atoms with Crippen molar-refractivity contribution in [3.05, 3.63) is 35.8 Å². The van der Waals surface area contributed by atoms with Crippen LogP contribution in [-0.4, -0.2) is 36.3 Å². The SMILES string of the molecule is Cc1ccc(Nc2nc3cnc(NC(C)(C)C)nc3n2C2CCC(O)CC2)c(F)c1. The van der Waals surface area contributed by atoms with Gasteiger partial charge in [0.1, 0.15) is 11.3 Å². The van der Waals surface area contributed by atoms with E-state index in [1.54, 1.807) is 12.3 Å². The van der Waals surface area contributed by atoms with Crippen molar-refractivity contribution in [2.24, 2.45) is 0 Å². The highest BCUT2D eigenvalue weighted by Gasteiger charge is 2.26. The van der Waals surface area contributed by atoms with E-state index >= 15 is 0 Å². The highest BCUT2D eigenvalue weighted by atomic mass is 19.1. The minimum absolute atomic E-state index is 0.117. The number of hydrogen-bond acceptors (Lipinski definition) is 6. The summed E-state index contributed by atoms with van der Waals surface area (Å²) in [7, 11) is 0. The number of fused-ring (bicyclic) bond motifs is 1. The summed E-state index contributed by atoms with van der Waals surface area (Å²) < 4.78 is 16.5. The van der Waals surface area contributed by atoms with Crippen LogP contribution in [0.5, 0.6) is 0 Å². The summed E-state index contributed by atoms with van der Waals surface area (Å²) >= 11 is 0. The quantitative estimate of drug-likeness (QED) is 0.575. The molecule has 0 aliphatic heterocycles. The number of imidazole rings is 1. The van der Waals surface area contributed by atoms with Crippen LogP contribution in [0.4, 0.5) is 22.0 Å². The minimum atomic E-state index is -0.325. The van der Waals surface area contributed by atoms with Crippen LogP contribution in [0.1, 0.15) is 58.1 Å². The van der Waals surface area contributed by atoms with Gasteiger partial charge < -0.3 is 15.7 Å². The fourth-order valence-corrected chi connectivity index (χ4v) is 3.88. The third-order valence-corrected chi connectivity index (χ3v) is 5.32. The van der Waals surface area contributed by atoms with Crippen LogP contribution < -0.4 is 10.6 Å². The van der Waals surface area contributed by atoms with Gasteiger partial charge in [0.25, 0.3) is 0 Å². The molecule has 30 heavy (non-hydrogen) atoms. The van der Waals surface area contributed by atoms with Gasteiger partial charge in [-0.2, -0.15) is 4.98 Å². The smallest absolute Gasteiger partial charge is 0.225 e. The topological polar surface area (TPSA) is 87.9 Å². The molecule has 8 heteroatoms. The predicted octanol–water partition coefficient (Wildman–Crippen LogP) is 4.70. The van der Waals surface area contributed by atoms with Crippen LogP contribution in [0.15, 0.2) is 24.4 Å². The van der Waals surface area contributed by atoms with E-state index in [2.05, 4.69) is 20.6 Å². The van der Waals surface area contributed by atoms with Gasteiger partial charge in [-0.05, 0) is 71.1 Å². The second-order valence-corrected chi connectivity index (χ2v) is 9.15. The van der Waals surface area contributed by atoms with E-state index in [4.69, 9.17) is 4.98 Å². The Labute approximate surface area is 175 Å². The van der Waals surface area contributed by atoms with Crippen molar-refractivity contribution >= 4 is 28.7 Å². The van der Waals surface area contributed by atoms with Crippen LogP contribution in [0, 0.1) is 12.7 Å². The molecule has 0 radical (unpaired) electrons. The molecule has 160 valence electrons. The van der Waals surface area contributed by atoms with E-state index in [1.165, 1.54) is 6.07 Å². The van der Waals surface area contributed by atoms with Crippen molar-refractivity contribution in [3.63, 3.8) is 0 Å². The molecular weight excluding hydrogens is 383 g/mol. The molecule has 3 aromatic rings. The number of nitrogens with one attached hydrogen (secondary N) is 2. The number of hydrogen-bond donors (Lipinski definition) is 3. The number of halogens is 1. The van der Waals surface area contributed by atoms with Crippen LogP contribution in [0.2, 0.25) is 0 Å². The van der Waals surface area contributed by atoms with Crippen molar-refractivity contribution < 1.29 is 9.50 Å². The number of anilines is 3. The molecular formula is C22H29FN6O. The molecule has 0 bridgehead atoms. The van der Waals surface area contributed by atoms with Crippen molar-refractivity contribution in [2.75, 3.05) is 10.6 Å². The third kappa shape index (κ3) is 4.38. The summed E-state index contributed by atoms with van der Waals surface area (Å²) in [6, 6.07) is 5.20. The number of aliphatic hydroxyl groups is 1. The van der Waals surface area contributed by atoms with Gasteiger partial charge in [0.15, 0.2) is 5.65 Å². The molecule has 0 spiro atoms. The Balaban J connectivity index is 1.78. The summed E-state index contributed by atoms with van der Waals surface area (Å²) in [5.74, 6) is 0.741. The van der Waals surface area contributed by atoms with Crippen LogP contribution in [-0.2, 0) is 0 Å². The summed E-state index contributed by atoms with van der Waals surface area (Å²) in [4.78, 5) is 13.8. The molecule has 4 rings (SSSR count). The van der Waals surface area contributed by atoms with E-state index < -0.39 is 0 Å². The Morgan fingerprint density at radius 3 is 2.53 bits per heavy atom. The lowest BCUT2D eigenvalue weighted by Gasteiger charge is -2.28. The van der Waals surface area contributed by atoms with Gasteiger partial charge in [-0.25, -0.2) is 14.4 Å². The van der Waals surface area contributed by atoms with Crippen molar-refractivity contribution in [1.29, 1.82) is 0 Å². The maximum absolute atomic E-state index is 14.5. The standard InChI is InChI=1S/C22H29FN6O/c1-13-5-10-17(16(23)11-13)25-21-26-18-12-24-20(28-22(2,3)4)27-19(18)29(21)14-6-8-15(30)9-7-14/h5,10-12,14-15,30H,6-9H2,1-4H3,(H,25,26)(H,24,27,28). The zero-order valence-corrected chi connectivity index (χ0v) is 17.9. The Morgan fingerprint density at radius 2 is 1.87 bits per heavy atom. The summed E-state index contributed by atoms with van der Waals surface area (Å²) in [5, 5.41) is 16.4. The first-order valence-corrected chi connectivity index (χ1v) is 10.4. The van der Waals surface area contributed by atoms with Gasteiger partial charge in [0.05, 0.1) is 18.0 Å². The van der Waals surface area contributed by atoms with Crippen LogP contribution >= 0.6 is 0 Å². The fourth-order valence-electron chi connectivity index (χ4n) is 3.88. The highest BCUT2D eigenvalue weighted by molar-refractivity contribution is 5.76. The lowest BCUT2D eigenvalue weighted by atomic mass is 9.93. The zero-order valence-electron chi connectivity index (χ0n) is 17.9. The first-order chi connectivity index (χ1) is 14.2. The van der Waals surface area contributed by atoms with E-state index in [-0.39, 0.29) is 23.5 Å². The molecule has 3 N–H and O–H groups in total. The molecule has 0 unspecified atom stereocenters. The molecule has 1 fully saturated rings. The molecule has 0 saturated heterocycles. The molecule has 0 atom stereocenters. The number of benzene rings is 1. The zero-order chi connectivity index (χ0) is 21.5. The fraction of sp³-hybridized carbons (Fsp3) is 0.500. The number of aryl methyl sites for hydroxylation is 1. The third-order valence-electron chi connectivity index (χ3n) is 5.32. The Bertz CT molecular complexity index is 1050. The van der Waals surface area contributed by atoms with Crippen LogP contribution in [0.3, 0.4) is 0 Å². The predicted molar refractivity (Wildman–Crippen MR) is 117 cm³/mol. The second-order valence-electron chi connectivity index (χ2n) is 9.15. The first-order valence-electron chi connectivity index (χ1n) is 10.4. The van der Waals surface area contributed by atoms with Crippen molar-refractivity contribution in [1.82, 2.24) is 19.5 Å². The van der Waals surface area contributed by atoms with E-state index in [0.29, 0.717) is 28.7 Å². The molecule has 1 aliphatic rings. The molecule has 2 aromatic heterocycles. The second kappa shape index (κ2) is 7.83. The maximum atomic E-state index is 14.5. The highest BCUT2D eigenvalue weighted by Crippen LogP contribution is 2.35. The van der Waals surface area contributed by atoms with Crippen molar-refractivity contribution in [3.8, 4) is 0 Å². The molecule has 0 amide bonds. The lowest BCUT2D eigenvalue weighted by Crippen LogP contribution is -2.27. The monoisotopic (exact) mass is 412 g/mol. The normalized spacial score (nSPS) is 19.8. The average molecular weight is 413 g/mol. The number of aliphatic hydroxyl groups excluding tert-OH is 1. The molecule has 7 nitrogen and oxygen atoms in total. The molecule has 1 saturated carbocycles. The van der Waals surface area contributed by atoms with Gasteiger partial charge in [-0.3, -0.25) is 4.57 Å². The van der Waals surface area contributed by atoms with Gasteiger partial charge in [0.2, 0.25) is 11.9 Å². The molecule has 2 heterocycles. The number of rotatable bonds is 4. The number of aromatic nitrogens is 4. The van der Waals surface area contributed by atoms with E-state index in [0.717, 1.165) is 31.2 Å². The summed E-state index contributed by atoms with van der Waals surface area (Å²) in [5.41, 5.74) is 2.40. The Hall–Kier alpha value is -2.74. The van der Waals surface area contributed by atoms with E-state index in [1.807, 2.05) is 38.3 Å². The summed E-state index contributed by atoms with van der Waals surface area (Å²) in [6.07, 6.45) is 4.49. The Kier molecular flexibility index (Phi) is 5.36. The van der Waals surface area contributed by atoms with Crippen LogP contribution in [0.25, 0.3) is 11.2 Å². The van der Waals surface area contributed by atoms with Gasteiger partial charge in [0, 0.05) is 11.6 Å². The maximum Gasteiger partial charge on any atom is 0.225 e.